The molecule has 0 saturated heterocycles. The van der Waals surface area contributed by atoms with Crippen LogP contribution in [0.3, 0.4) is 0 Å². The Bertz CT molecular complexity index is 445. The van der Waals surface area contributed by atoms with Crippen LogP contribution in [0, 0.1) is 12.3 Å². The largest absolute Gasteiger partial charge is 0.496 e. The van der Waals surface area contributed by atoms with Crippen LogP contribution in [0.4, 0.5) is 0 Å². The van der Waals surface area contributed by atoms with Crippen LogP contribution in [-0.2, 0) is 6.42 Å². The third-order valence-electron chi connectivity index (χ3n) is 2.70. The smallest absolute Gasteiger partial charge is 0.143 e. The number of hydrogen-bond acceptors (Lipinski definition) is 3. The van der Waals surface area contributed by atoms with Crippen molar-refractivity contribution in [3.05, 3.63) is 23.3 Å². The van der Waals surface area contributed by atoms with Crippen LogP contribution in [0.5, 0.6) is 11.5 Å². The van der Waals surface area contributed by atoms with Gasteiger partial charge in [-0.3, -0.25) is 0 Å². The van der Waals surface area contributed by atoms with Crippen LogP contribution in [0.1, 0.15) is 24.2 Å². The Morgan fingerprint density at radius 1 is 1.62 bits per heavy atom. The predicted molar refractivity (Wildman–Crippen MR) is 60.6 cm³/mol. The number of aliphatic hydroxyl groups is 1. The first kappa shape index (κ1) is 10.8. The third-order valence-corrected chi connectivity index (χ3v) is 2.70. The third kappa shape index (κ3) is 1.72. The van der Waals surface area contributed by atoms with Crippen molar-refractivity contribution in [3.8, 4) is 23.8 Å². The molecule has 84 valence electrons. The Kier molecular flexibility index (Phi) is 2.76. The van der Waals surface area contributed by atoms with Crippen LogP contribution in [0.2, 0.25) is 0 Å². The highest BCUT2D eigenvalue weighted by Gasteiger charge is 2.23. The van der Waals surface area contributed by atoms with E-state index in [0.717, 1.165) is 17.7 Å². The zero-order valence-electron chi connectivity index (χ0n) is 9.36. The average Bonchev–Trinajstić information content (AvgIpc) is 2.65. The topological polar surface area (TPSA) is 38.7 Å². The SMILES string of the molecule is C#CC(O)c1cc2c(cc1OC)CC(C)O2. The van der Waals surface area contributed by atoms with Crippen molar-refractivity contribution in [2.45, 2.75) is 25.6 Å². The molecule has 0 aliphatic carbocycles. The molecule has 2 unspecified atom stereocenters. The van der Waals surface area contributed by atoms with Crippen LogP contribution in [0.25, 0.3) is 0 Å². The minimum Gasteiger partial charge on any atom is -0.496 e. The fourth-order valence-corrected chi connectivity index (χ4v) is 1.94. The van der Waals surface area contributed by atoms with Gasteiger partial charge in [0.05, 0.1) is 7.11 Å². The van der Waals surface area contributed by atoms with Crippen LogP contribution < -0.4 is 9.47 Å². The zero-order chi connectivity index (χ0) is 11.7. The molecule has 2 atom stereocenters. The number of hydrogen-bond donors (Lipinski definition) is 1. The van der Waals surface area contributed by atoms with E-state index in [0.29, 0.717) is 11.3 Å². The number of benzene rings is 1. The molecular formula is C13H14O3. The van der Waals surface area contributed by atoms with Crippen molar-refractivity contribution in [3.63, 3.8) is 0 Å². The molecule has 0 radical (unpaired) electrons. The Labute approximate surface area is 95.0 Å². The van der Waals surface area contributed by atoms with E-state index in [9.17, 15) is 5.11 Å². The number of rotatable bonds is 2. The normalized spacial score (nSPS) is 19.5. The van der Waals surface area contributed by atoms with Gasteiger partial charge in [-0.1, -0.05) is 5.92 Å². The number of aliphatic hydroxyl groups excluding tert-OH is 1. The van der Waals surface area contributed by atoms with E-state index in [4.69, 9.17) is 15.9 Å². The lowest BCUT2D eigenvalue weighted by Gasteiger charge is -2.12. The molecule has 0 spiro atoms. The summed E-state index contributed by atoms with van der Waals surface area (Å²) in [4.78, 5) is 0. The van der Waals surface area contributed by atoms with E-state index in [1.54, 1.807) is 13.2 Å². The van der Waals surface area contributed by atoms with Crippen molar-refractivity contribution in [2.75, 3.05) is 7.11 Å². The minimum absolute atomic E-state index is 0.165. The molecule has 16 heavy (non-hydrogen) atoms. The second-order valence-corrected chi connectivity index (χ2v) is 3.90. The van der Waals surface area contributed by atoms with E-state index < -0.39 is 6.10 Å². The van der Waals surface area contributed by atoms with Crippen molar-refractivity contribution in [1.29, 1.82) is 0 Å². The monoisotopic (exact) mass is 218 g/mol. The lowest BCUT2D eigenvalue weighted by Crippen LogP contribution is -2.05. The van der Waals surface area contributed by atoms with E-state index in [-0.39, 0.29) is 6.10 Å². The molecule has 3 heteroatoms. The molecule has 1 heterocycles. The van der Waals surface area contributed by atoms with Gasteiger partial charge in [0, 0.05) is 17.5 Å². The molecule has 3 nitrogen and oxygen atoms in total. The number of ether oxygens (including phenoxy) is 2. The second kappa shape index (κ2) is 4.07. The van der Waals surface area contributed by atoms with E-state index in [2.05, 4.69) is 5.92 Å². The number of fused-ring (bicyclic) bond motifs is 1. The fraction of sp³-hybridized carbons (Fsp3) is 0.385. The fourth-order valence-electron chi connectivity index (χ4n) is 1.94. The summed E-state index contributed by atoms with van der Waals surface area (Å²) >= 11 is 0. The van der Waals surface area contributed by atoms with E-state index >= 15 is 0 Å². The molecule has 1 N–H and O–H groups in total. The van der Waals surface area contributed by atoms with Gasteiger partial charge in [-0.05, 0) is 19.1 Å². The van der Waals surface area contributed by atoms with Crippen LogP contribution in [-0.4, -0.2) is 18.3 Å². The Morgan fingerprint density at radius 3 is 3.00 bits per heavy atom. The van der Waals surface area contributed by atoms with E-state index in [1.165, 1.54) is 0 Å². The van der Waals surface area contributed by atoms with Crippen molar-refractivity contribution >= 4 is 0 Å². The van der Waals surface area contributed by atoms with Gasteiger partial charge in [0.2, 0.25) is 0 Å². The van der Waals surface area contributed by atoms with Crippen molar-refractivity contribution in [1.82, 2.24) is 0 Å². The maximum atomic E-state index is 9.67. The van der Waals surface area contributed by atoms with Crippen molar-refractivity contribution < 1.29 is 14.6 Å². The van der Waals surface area contributed by atoms with Crippen molar-refractivity contribution in [2.24, 2.45) is 0 Å². The van der Waals surface area contributed by atoms with Crippen LogP contribution in [0.15, 0.2) is 12.1 Å². The highest BCUT2D eigenvalue weighted by atomic mass is 16.5. The molecule has 0 fully saturated rings. The molecule has 1 aromatic rings. The van der Waals surface area contributed by atoms with Gasteiger partial charge in [-0.25, -0.2) is 0 Å². The summed E-state index contributed by atoms with van der Waals surface area (Å²) in [5.74, 6) is 3.68. The summed E-state index contributed by atoms with van der Waals surface area (Å²) in [5, 5.41) is 9.67. The number of terminal acetylenes is 1. The first-order chi connectivity index (χ1) is 7.65. The van der Waals surface area contributed by atoms with Gasteiger partial charge in [-0.2, -0.15) is 0 Å². The quantitative estimate of drug-likeness (QED) is 0.768. The Balaban J connectivity index is 2.47. The molecule has 1 aliphatic heterocycles. The lowest BCUT2D eigenvalue weighted by molar-refractivity contribution is 0.229. The molecule has 1 aliphatic rings. The van der Waals surface area contributed by atoms with Gasteiger partial charge in [0.25, 0.3) is 0 Å². The molecular weight excluding hydrogens is 204 g/mol. The highest BCUT2D eigenvalue weighted by molar-refractivity contribution is 5.50. The van der Waals surface area contributed by atoms with E-state index in [1.807, 2.05) is 13.0 Å². The summed E-state index contributed by atoms with van der Waals surface area (Å²) in [6.07, 6.45) is 5.27. The second-order valence-electron chi connectivity index (χ2n) is 3.90. The van der Waals surface area contributed by atoms with Gasteiger partial charge in [-0.15, -0.1) is 6.42 Å². The minimum atomic E-state index is -0.959. The number of methoxy groups -OCH3 is 1. The lowest BCUT2D eigenvalue weighted by atomic mass is 10.0. The molecule has 0 amide bonds. The zero-order valence-corrected chi connectivity index (χ0v) is 9.36. The van der Waals surface area contributed by atoms with Gasteiger partial charge < -0.3 is 14.6 Å². The predicted octanol–water partition coefficient (Wildman–Crippen LogP) is 1.69. The molecule has 1 aromatic carbocycles. The summed E-state index contributed by atoms with van der Waals surface area (Å²) in [7, 11) is 1.56. The maximum absolute atomic E-state index is 9.67. The maximum Gasteiger partial charge on any atom is 0.143 e. The first-order valence-electron chi connectivity index (χ1n) is 5.17. The molecule has 0 bridgehead atoms. The molecule has 2 rings (SSSR count). The van der Waals surface area contributed by atoms with Gasteiger partial charge in [0.15, 0.2) is 0 Å². The highest BCUT2D eigenvalue weighted by Crippen LogP contribution is 2.37. The van der Waals surface area contributed by atoms with Gasteiger partial charge in [0.1, 0.15) is 23.7 Å². The first-order valence-corrected chi connectivity index (χ1v) is 5.17. The summed E-state index contributed by atoms with van der Waals surface area (Å²) < 4.78 is 10.8. The Morgan fingerprint density at radius 2 is 2.38 bits per heavy atom. The molecule has 0 aromatic heterocycles. The average molecular weight is 218 g/mol. The molecule has 0 saturated carbocycles. The summed E-state index contributed by atoms with van der Waals surface area (Å²) in [6.45, 7) is 2.00. The standard InChI is InChI=1S/C13H14O3/c1-4-11(14)10-7-12-9(5-8(2)16-12)6-13(10)15-3/h1,6-8,11,14H,5H2,2-3H3. The summed E-state index contributed by atoms with van der Waals surface area (Å²) in [5.41, 5.74) is 1.68. The van der Waals surface area contributed by atoms with Gasteiger partial charge >= 0.3 is 0 Å². The van der Waals surface area contributed by atoms with Crippen LogP contribution >= 0.6 is 0 Å². The summed E-state index contributed by atoms with van der Waals surface area (Å²) in [6, 6.07) is 3.65. The Hall–Kier alpha value is -1.66.